The number of carbonyl (C=O) groups excluding carboxylic acids is 1. The number of thiophene rings is 1. The first-order valence-corrected chi connectivity index (χ1v) is 11.9. The second kappa shape index (κ2) is 10.1. The minimum atomic E-state index is -0.0458. The summed E-state index contributed by atoms with van der Waals surface area (Å²) in [5.74, 6) is -0.0118. The Labute approximate surface area is 185 Å². The van der Waals surface area contributed by atoms with Crippen LogP contribution in [0.2, 0.25) is 0 Å². The zero-order chi connectivity index (χ0) is 21.7. The van der Waals surface area contributed by atoms with Gasteiger partial charge in [-0.2, -0.15) is 0 Å². The molecule has 3 aromatic rings. The predicted octanol–water partition coefficient (Wildman–Crippen LogP) is 7.11. The van der Waals surface area contributed by atoms with Crippen LogP contribution in [0.5, 0.6) is 0 Å². The molecule has 0 saturated carbocycles. The van der Waals surface area contributed by atoms with Crippen molar-refractivity contribution in [1.82, 2.24) is 5.32 Å². The monoisotopic (exact) mass is 422 g/mol. The molecule has 1 heterocycles. The predicted molar refractivity (Wildman–Crippen MR) is 131 cm³/mol. The number of aryl methyl sites for hydroxylation is 1. The number of amides is 1. The van der Waals surface area contributed by atoms with Gasteiger partial charge in [0.2, 0.25) is 0 Å². The molecule has 160 valence electrons. The van der Waals surface area contributed by atoms with Crippen molar-refractivity contribution < 1.29 is 4.79 Å². The molecule has 0 aliphatic heterocycles. The summed E-state index contributed by atoms with van der Waals surface area (Å²) in [7, 11) is 2.15. The van der Waals surface area contributed by atoms with Gasteiger partial charge in [-0.25, -0.2) is 0 Å². The lowest BCUT2D eigenvalue weighted by atomic mass is 10.0. The highest BCUT2D eigenvalue weighted by molar-refractivity contribution is 7.17. The number of hydrogen-bond donors (Lipinski definition) is 1. The molecule has 1 amide bonds. The molecule has 3 nitrogen and oxygen atoms in total. The summed E-state index contributed by atoms with van der Waals surface area (Å²) in [6.07, 6.45) is 4.73. The van der Waals surface area contributed by atoms with Gasteiger partial charge in [0.15, 0.2) is 0 Å². The van der Waals surface area contributed by atoms with Crippen LogP contribution in [-0.4, -0.2) is 19.0 Å². The Balaban J connectivity index is 1.76. The fourth-order valence-corrected chi connectivity index (χ4v) is 4.78. The summed E-state index contributed by atoms with van der Waals surface area (Å²) in [5, 5.41) is 6.54. The molecule has 0 spiro atoms. The number of fused-ring (bicyclic) bond motifs is 1. The van der Waals surface area contributed by atoms with E-state index >= 15 is 0 Å². The van der Waals surface area contributed by atoms with Gasteiger partial charge >= 0.3 is 0 Å². The number of unbranched alkanes of at least 4 members (excludes halogenated alkanes) is 1. The summed E-state index contributed by atoms with van der Waals surface area (Å²) in [4.78, 5) is 15.5. The van der Waals surface area contributed by atoms with Crippen molar-refractivity contribution >= 4 is 33.0 Å². The molecule has 0 fully saturated rings. The number of rotatable bonds is 9. The average molecular weight is 423 g/mol. The van der Waals surface area contributed by atoms with Gasteiger partial charge < -0.3 is 10.2 Å². The maximum Gasteiger partial charge on any atom is 0.252 e. The lowest BCUT2D eigenvalue weighted by Gasteiger charge is -2.30. The van der Waals surface area contributed by atoms with Gasteiger partial charge in [-0.15, -0.1) is 11.3 Å². The van der Waals surface area contributed by atoms with Crippen LogP contribution in [0.25, 0.3) is 10.1 Å². The normalized spacial score (nSPS) is 13.2. The molecule has 4 heteroatoms. The third kappa shape index (κ3) is 5.04. The van der Waals surface area contributed by atoms with Crippen LogP contribution in [0.15, 0.2) is 47.8 Å². The van der Waals surface area contributed by atoms with E-state index in [4.69, 9.17) is 0 Å². The first-order chi connectivity index (χ1) is 14.4. The van der Waals surface area contributed by atoms with Crippen LogP contribution in [0.3, 0.4) is 0 Å². The smallest absolute Gasteiger partial charge is 0.252 e. The topological polar surface area (TPSA) is 32.3 Å². The molecule has 0 aliphatic rings. The Bertz CT molecular complexity index is 994. The van der Waals surface area contributed by atoms with Crippen molar-refractivity contribution in [3.05, 3.63) is 64.5 Å². The molecule has 0 radical (unpaired) electrons. The first-order valence-electron chi connectivity index (χ1n) is 11.1. The number of hydrogen-bond acceptors (Lipinski definition) is 3. The molecule has 0 saturated heterocycles. The Kier molecular flexibility index (Phi) is 7.54. The highest BCUT2D eigenvalue weighted by Crippen LogP contribution is 2.26. The van der Waals surface area contributed by atoms with Crippen molar-refractivity contribution in [3.63, 3.8) is 0 Å². The van der Waals surface area contributed by atoms with Crippen molar-refractivity contribution in [2.75, 3.05) is 11.9 Å². The molecule has 0 bridgehead atoms. The van der Waals surface area contributed by atoms with E-state index in [0.29, 0.717) is 6.04 Å². The van der Waals surface area contributed by atoms with Gasteiger partial charge in [0.05, 0.1) is 6.04 Å². The van der Waals surface area contributed by atoms with Crippen LogP contribution in [0, 0.1) is 6.92 Å². The maximum atomic E-state index is 13.1. The van der Waals surface area contributed by atoms with E-state index < -0.39 is 0 Å². The van der Waals surface area contributed by atoms with Gasteiger partial charge in [-0.1, -0.05) is 38.8 Å². The lowest BCUT2D eigenvalue weighted by Crippen LogP contribution is -2.32. The van der Waals surface area contributed by atoms with Crippen molar-refractivity contribution in [2.24, 2.45) is 0 Å². The Morgan fingerprint density at radius 1 is 1.13 bits per heavy atom. The van der Waals surface area contributed by atoms with Gasteiger partial charge in [0.1, 0.15) is 0 Å². The van der Waals surface area contributed by atoms with E-state index in [1.54, 1.807) is 11.3 Å². The van der Waals surface area contributed by atoms with E-state index in [0.717, 1.165) is 28.8 Å². The van der Waals surface area contributed by atoms with Gasteiger partial charge in [0.25, 0.3) is 5.91 Å². The summed E-state index contributed by atoms with van der Waals surface area (Å²) in [6.45, 7) is 8.53. The minimum Gasteiger partial charge on any atom is -0.372 e. The van der Waals surface area contributed by atoms with Crippen molar-refractivity contribution in [2.45, 2.75) is 65.5 Å². The Hall–Kier alpha value is -2.33. The summed E-state index contributed by atoms with van der Waals surface area (Å²) < 4.78 is 1.28. The Morgan fingerprint density at radius 2 is 1.93 bits per heavy atom. The maximum absolute atomic E-state index is 13.1. The zero-order valence-corrected chi connectivity index (χ0v) is 19.7. The average Bonchev–Trinajstić information content (AvgIpc) is 3.22. The molecule has 30 heavy (non-hydrogen) atoms. The second-order valence-electron chi connectivity index (χ2n) is 8.23. The highest BCUT2D eigenvalue weighted by atomic mass is 32.1. The highest BCUT2D eigenvalue weighted by Gasteiger charge is 2.18. The molecule has 3 rings (SSSR count). The molecule has 1 N–H and O–H groups in total. The fourth-order valence-electron chi connectivity index (χ4n) is 4.01. The molecule has 0 aliphatic carbocycles. The largest absolute Gasteiger partial charge is 0.372 e. The molecular formula is C26H34N2OS. The number of anilines is 1. The third-order valence-electron chi connectivity index (χ3n) is 6.11. The standard InChI is InChI=1S/C26H34N2OS/c1-6-8-9-22(7-2)28(5)23-12-10-18(3)24(17-23)26(29)27-19(4)20-11-13-25-21(16-20)14-15-30-25/h10-17,19,22H,6-9H2,1-5H3,(H,27,29). The first kappa shape index (κ1) is 22.4. The molecular weight excluding hydrogens is 388 g/mol. The van der Waals surface area contributed by atoms with Crippen LogP contribution in [0.4, 0.5) is 5.69 Å². The quantitative estimate of drug-likeness (QED) is 0.399. The van der Waals surface area contributed by atoms with Crippen molar-refractivity contribution in [1.29, 1.82) is 0 Å². The van der Waals surface area contributed by atoms with Crippen molar-refractivity contribution in [3.8, 4) is 0 Å². The lowest BCUT2D eigenvalue weighted by molar-refractivity contribution is 0.0939. The van der Waals surface area contributed by atoms with Crippen LogP contribution in [0.1, 0.15) is 74.0 Å². The molecule has 1 aromatic heterocycles. The number of benzene rings is 2. The fraction of sp³-hybridized carbons (Fsp3) is 0.423. The number of carbonyl (C=O) groups is 1. The summed E-state index contributed by atoms with van der Waals surface area (Å²) >= 11 is 1.74. The number of nitrogens with one attached hydrogen (secondary N) is 1. The summed E-state index contributed by atoms with van der Waals surface area (Å²) in [6, 6.07) is 15.3. The summed E-state index contributed by atoms with van der Waals surface area (Å²) in [5.41, 5.74) is 4.01. The van der Waals surface area contributed by atoms with E-state index in [1.807, 2.05) is 13.0 Å². The van der Waals surface area contributed by atoms with E-state index in [-0.39, 0.29) is 11.9 Å². The van der Waals surface area contributed by atoms with Crippen LogP contribution < -0.4 is 10.2 Å². The van der Waals surface area contributed by atoms with Gasteiger partial charge in [-0.3, -0.25) is 4.79 Å². The third-order valence-corrected chi connectivity index (χ3v) is 7.00. The minimum absolute atomic E-state index is 0.0118. The molecule has 2 aromatic carbocycles. The van der Waals surface area contributed by atoms with Crippen LogP contribution in [-0.2, 0) is 0 Å². The van der Waals surface area contributed by atoms with Gasteiger partial charge in [0, 0.05) is 29.0 Å². The van der Waals surface area contributed by atoms with Crippen LogP contribution >= 0.6 is 11.3 Å². The molecule has 2 atom stereocenters. The Morgan fingerprint density at radius 3 is 2.67 bits per heavy atom. The van der Waals surface area contributed by atoms with E-state index in [1.165, 1.54) is 29.3 Å². The second-order valence-corrected chi connectivity index (χ2v) is 9.18. The zero-order valence-electron chi connectivity index (χ0n) is 18.9. The van der Waals surface area contributed by atoms with E-state index in [9.17, 15) is 4.79 Å². The SMILES string of the molecule is CCCCC(CC)N(C)c1ccc(C)c(C(=O)NC(C)c2ccc3sccc3c2)c1. The number of nitrogens with zero attached hydrogens (tertiary/aromatic N) is 1. The van der Waals surface area contributed by atoms with E-state index in [2.05, 4.69) is 79.8 Å². The van der Waals surface area contributed by atoms with Gasteiger partial charge in [-0.05, 0) is 78.9 Å². The molecule has 2 unspecified atom stereocenters.